The van der Waals surface area contributed by atoms with Crippen molar-refractivity contribution in [3.05, 3.63) is 182 Å². The molecule has 0 amide bonds. The van der Waals surface area contributed by atoms with Gasteiger partial charge in [-0.3, -0.25) is 9.55 Å². The molecule has 0 aliphatic heterocycles. The molecular formula is C49H33N3O2. The van der Waals surface area contributed by atoms with Crippen LogP contribution in [0.15, 0.2) is 180 Å². The number of hydrogen-bond donors (Lipinski definition) is 1. The van der Waals surface area contributed by atoms with Crippen molar-refractivity contribution in [3.63, 3.8) is 0 Å². The molecule has 0 bridgehead atoms. The topological polar surface area (TPSA) is 64.1 Å². The number of para-hydroxylation sites is 3. The Labute approximate surface area is 316 Å². The highest BCUT2D eigenvalue weighted by atomic mass is 16.3. The van der Waals surface area contributed by atoms with Crippen LogP contribution in [-0.2, 0) is 0 Å². The highest BCUT2D eigenvalue weighted by Gasteiger charge is 2.24. The SMILES string of the molecule is [2H]C([2H])([2H])c1ccc(-n2c(-c3ccccc3O)nc3c(-c4cc(-c5cc(-c6ccccc6)ccn5)cc5oc6ccccc6c45)cccc32)c(-c2ccccc2)c1. The predicted octanol–water partition coefficient (Wildman–Crippen LogP) is 12.7. The number of phenols is 1. The van der Waals surface area contributed by atoms with Crippen LogP contribution in [0.4, 0.5) is 0 Å². The Balaban J connectivity index is 1.28. The largest absolute Gasteiger partial charge is 0.507 e. The van der Waals surface area contributed by atoms with Crippen LogP contribution >= 0.6 is 0 Å². The van der Waals surface area contributed by atoms with E-state index in [9.17, 15) is 5.11 Å². The number of benzene rings is 7. The summed E-state index contributed by atoms with van der Waals surface area (Å²) >= 11 is 0. The Bertz CT molecular complexity index is 3130. The maximum atomic E-state index is 11.3. The average molecular weight is 699 g/mol. The number of phenolic OH excluding ortho intramolecular Hbond substituents is 1. The Morgan fingerprint density at radius 2 is 1.33 bits per heavy atom. The molecule has 0 fully saturated rings. The smallest absolute Gasteiger partial charge is 0.149 e. The number of rotatable bonds is 6. The molecule has 0 radical (unpaired) electrons. The standard InChI is InChI=1S/C49H33N3O2/c1-31-23-24-42(39(27-31)33-15-6-3-7-16-33)52-43-20-12-19-36(48(43)51-49(52)37-17-8-10-21-44(37)53)40-28-35(30-46-47(40)38-18-9-11-22-45(38)54-46)41-29-34(25-26-50-41)32-13-4-2-5-14-32/h2-30,53H,1H3/i1D3. The quantitative estimate of drug-likeness (QED) is 0.188. The van der Waals surface area contributed by atoms with E-state index >= 15 is 0 Å². The van der Waals surface area contributed by atoms with Crippen LogP contribution in [0.5, 0.6) is 5.75 Å². The molecular weight excluding hydrogens is 663 g/mol. The lowest BCUT2D eigenvalue weighted by atomic mass is 9.94. The second kappa shape index (κ2) is 12.8. The molecule has 0 aliphatic rings. The Kier molecular flexibility index (Phi) is 6.70. The van der Waals surface area contributed by atoms with Crippen LogP contribution in [0, 0.1) is 6.85 Å². The van der Waals surface area contributed by atoms with Crippen molar-refractivity contribution in [2.75, 3.05) is 0 Å². The zero-order valence-corrected chi connectivity index (χ0v) is 28.9. The number of furan rings is 1. The van der Waals surface area contributed by atoms with Crippen molar-refractivity contribution in [2.24, 2.45) is 0 Å². The Morgan fingerprint density at radius 3 is 2.17 bits per heavy atom. The summed E-state index contributed by atoms with van der Waals surface area (Å²) in [5.41, 5.74) is 11.6. The monoisotopic (exact) mass is 698 g/mol. The number of aromatic nitrogens is 3. The highest BCUT2D eigenvalue weighted by Crippen LogP contribution is 2.44. The van der Waals surface area contributed by atoms with Gasteiger partial charge in [0.25, 0.3) is 0 Å². The first kappa shape index (κ1) is 28.4. The van der Waals surface area contributed by atoms with E-state index in [1.807, 2.05) is 114 Å². The minimum absolute atomic E-state index is 0.0746. The molecule has 0 spiro atoms. The number of imidazole rings is 1. The first-order valence-electron chi connectivity index (χ1n) is 19.3. The molecule has 7 aromatic carbocycles. The van der Waals surface area contributed by atoms with E-state index < -0.39 is 6.85 Å². The van der Waals surface area contributed by atoms with Gasteiger partial charge in [0.15, 0.2) is 0 Å². The van der Waals surface area contributed by atoms with E-state index in [0.717, 1.165) is 77.8 Å². The third-order valence-corrected chi connectivity index (χ3v) is 10.1. The molecule has 256 valence electrons. The molecule has 10 aromatic rings. The van der Waals surface area contributed by atoms with Crippen LogP contribution in [0.25, 0.3) is 94.7 Å². The molecule has 0 saturated carbocycles. The van der Waals surface area contributed by atoms with Crippen molar-refractivity contribution in [3.8, 4) is 67.5 Å². The van der Waals surface area contributed by atoms with Crippen LogP contribution in [-0.4, -0.2) is 19.6 Å². The van der Waals surface area contributed by atoms with Crippen molar-refractivity contribution in [1.82, 2.24) is 14.5 Å². The normalized spacial score (nSPS) is 12.6. The molecule has 10 rings (SSSR count). The summed E-state index contributed by atoms with van der Waals surface area (Å²) in [6.45, 7) is -2.31. The van der Waals surface area contributed by atoms with E-state index in [4.69, 9.17) is 18.5 Å². The summed E-state index contributed by atoms with van der Waals surface area (Å²) in [6.07, 6.45) is 1.84. The van der Waals surface area contributed by atoms with Gasteiger partial charge in [-0.15, -0.1) is 0 Å². The predicted molar refractivity (Wildman–Crippen MR) is 220 cm³/mol. The van der Waals surface area contributed by atoms with E-state index in [1.165, 1.54) is 0 Å². The number of hydrogen-bond acceptors (Lipinski definition) is 4. The van der Waals surface area contributed by atoms with Gasteiger partial charge in [0, 0.05) is 37.8 Å². The first-order valence-corrected chi connectivity index (χ1v) is 17.8. The van der Waals surface area contributed by atoms with E-state index in [1.54, 1.807) is 24.3 Å². The van der Waals surface area contributed by atoms with Crippen molar-refractivity contribution < 1.29 is 13.6 Å². The number of aryl methyl sites for hydroxylation is 1. The molecule has 1 N–H and O–H groups in total. The van der Waals surface area contributed by atoms with Gasteiger partial charge in [-0.1, -0.05) is 115 Å². The van der Waals surface area contributed by atoms with E-state index in [0.29, 0.717) is 16.9 Å². The van der Waals surface area contributed by atoms with E-state index in [2.05, 4.69) is 42.5 Å². The summed E-state index contributed by atoms with van der Waals surface area (Å²) in [6, 6.07) is 54.9. The molecule has 5 nitrogen and oxygen atoms in total. The zero-order valence-electron chi connectivity index (χ0n) is 31.9. The van der Waals surface area contributed by atoms with E-state index in [-0.39, 0.29) is 11.3 Å². The molecule has 0 atom stereocenters. The molecule has 0 saturated heterocycles. The van der Waals surface area contributed by atoms with Gasteiger partial charge >= 0.3 is 0 Å². The van der Waals surface area contributed by atoms with Gasteiger partial charge < -0.3 is 9.52 Å². The fourth-order valence-corrected chi connectivity index (χ4v) is 7.60. The van der Waals surface area contributed by atoms with Gasteiger partial charge in [-0.2, -0.15) is 0 Å². The fourth-order valence-electron chi connectivity index (χ4n) is 7.60. The van der Waals surface area contributed by atoms with Crippen molar-refractivity contribution >= 4 is 33.0 Å². The molecule has 3 aromatic heterocycles. The van der Waals surface area contributed by atoms with Crippen molar-refractivity contribution in [1.29, 1.82) is 0 Å². The lowest BCUT2D eigenvalue weighted by Crippen LogP contribution is -2.01. The Morgan fingerprint density at radius 1 is 0.574 bits per heavy atom. The summed E-state index contributed by atoms with van der Waals surface area (Å²) in [4.78, 5) is 10.2. The molecule has 3 heterocycles. The van der Waals surface area contributed by atoms with Gasteiger partial charge in [-0.25, -0.2) is 4.98 Å². The number of aromatic hydroxyl groups is 1. The van der Waals surface area contributed by atoms with Gasteiger partial charge in [-0.05, 0) is 89.8 Å². The molecule has 0 unspecified atom stereocenters. The van der Waals surface area contributed by atoms with Gasteiger partial charge in [0.2, 0.25) is 0 Å². The summed E-state index contributed by atoms with van der Waals surface area (Å²) < 4.78 is 33.3. The Hall–Kier alpha value is -7.24. The average Bonchev–Trinajstić information content (AvgIpc) is 3.82. The van der Waals surface area contributed by atoms with Crippen LogP contribution in [0.1, 0.15) is 9.68 Å². The fraction of sp³-hybridized carbons (Fsp3) is 0.0204. The second-order valence-corrected chi connectivity index (χ2v) is 13.4. The molecule has 0 aliphatic carbocycles. The van der Waals surface area contributed by atoms with Crippen LogP contribution in [0.2, 0.25) is 0 Å². The van der Waals surface area contributed by atoms with Crippen molar-refractivity contribution in [2.45, 2.75) is 6.85 Å². The minimum atomic E-state index is -2.31. The minimum Gasteiger partial charge on any atom is -0.507 e. The number of fused-ring (bicyclic) bond motifs is 4. The number of nitrogens with zero attached hydrogens (tertiary/aromatic N) is 3. The maximum Gasteiger partial charge on any atom is 0.149 e. The highest BCUT2D eigenvalue weighted by molar-refractivity contribution is 6.16. The third-order valence-electron chi connectivity index (χ3n) is 10.1. The first-order chi connectivity index (χ1) is 27.8. The lowest BCUT2D eigenvalue weighted by molar-refractivity contribution is 0.477. The number of pyridine rings is 1. The summed E-state index contributed by atoms with van der Waals surface area (Å²) in [7, 11) is 0. The second-order valence-electron chi connectivity index (χ2n) is 13.4. The third kappa shape index (κ3) is 5.25. The molecule has 54 heavy (non-hydrogen) atoms. The zero-order chi connectivity index (χ0) is 38.7. The summed E-state index contributed by atoms with van der Waals surface area (Å²) in [5.74, 6) is 0.585. The van der Waals surface area contributed by atoms with Gasteiger partial charge in [0.05, 0.1) is 28.0 Å². The van der Waals surface area contributed by atoms with Crippen LogP contribution < -0.4 is 0 Å². The maximum absolute atomic E-state index is 11.3. The van der Waals surface area contributed by atoms with Crippen LogP contribution in [0.3, 0.4) is 0 Å². The summed E-state index contributed by atoms with van der Waals surface area (Å²) in [5, 5.41) is 13.3. The lowest BCUT2D eigenvalue weighted by Gasteiger charge is -2.16. The molecule has 5 heteroatoms. The van der Waals surface area contributed by atoms with Gasteiger partial charge in [0.1, 0.15) is 22.7 Å².